The molecule has 1 saturated carbocycles. The van der Waals surface area contributed by atoms with Crippen LogP contribution in [0.4, 0.5) is 5.82 Å². The number of fused-ring (bicyclic) bond motifs is 1. The Morgan fingerprint density at radius 3 is 2.41 bits per heavy atom. The zero-order valence-corrected chi connectivity index (χ0v) is 26.0. The average Bonchev–Trinajstić information content (AvgIpc) is 3.28. The zero-order chi connectivity index (χ0) is 28.4. The number of benzene rings is 1. The first-order valence-corrected chi connectivity index (χ1v) is 17.1. The Morgan fingerprint density at radius 2 is 1.82 bits per heavy atom. The number of anilines is 1. The van der Waals surface area contributed by atoms with Gasteiger partial charge in [0.1, 0.15) is 29.0 Å². The summed E-state index contributed by atoms with van der Waals surface area (Å²) in [5, 5.41) is 9.34. The zero-order valence-electron chi connectivity index (χ0n) is 25.0. The minimum Gasteiger partial charge on any atom is -0.497 e. The second kappa shape index (κ2) is 11.7. The Hall–Kier alpha value is -2.89. The number of aromatic nitrogens is 3. The molecule has 39 heavy (non-hydrogen) atoms. The van der Waals surface area contributed by atoms with Crippen LogP contribution >= 0.6 is 0 Å². The van der Waals surface area contributed by atoms with E-state index in [-0.39, 0.29) is 11.1 Å². The maximum Gasteiger partial charge on any atom is 0.193 e. The van der Waals surface area contributed by atoms with E-state index in [0.29, 0.717) is 18.4 Å². The standard InChI is InChI=1S/C31H45N5O2Si/c1-22(38-39(7,8)31(2,3)4)30-34-27-20-33-29(35(5)21-24-11-15-26(37-6)16-12-24)19-28(27)36(30)25-13-9-23(10-14-25)17-18-32/h11-12,15-16,19-20,22-23,25H,9-10,13-14,17,21H2,1-8H3/t22-,23?,25?/m1/s1. The smallest absolute Gasteiger partial charge is 0.193 e. The minimum atomic E-state index is -1.99. The van der Waals surface area contributed by atoms with E-state index in [0.717, 1.165) is 60.7 Å². The third kappa shape index (κ3) is 6.47. The molecule has 1 aliphatic rings. The van der Waals surface area contributed by atoms with Gasteiger partial charge in [-0.2, -0.15) is 5.26 Å². The summed E-state index contributed by atoms with van der Waals surface area (Å²) in [7, 11) is 1.77. The van der Waals surface area contributed by atoms with Crippen LogP contribution in [0.25, 0.3) is 11.0 Å². The predicted octanol–water partition coefficient (Wildman–Crippen LogP) is 7.80. The molecule has 0 radical (unpaired) electrons. The molecular weight excluding hydrogens is 502 g/mol. The Morgan fingerprint density at radius 1 is 1.15 bits per heavy atom. The molecule has 0 N–H and O–H groups in total. The van der Waals surface area contributed by atoms with E-state index in [1.165, 1.54) is 5.56 Å². The third-order valence-corrected chi connectivity index (χ3v) is 13.3. The molecule has 7 nitrogen and oxygen atoms in total. The van der Waals surface area contributed by atoms with E-state index in [1.807, 2.05) is 18.3 Å². The van der Waals surface area contributed by atoms with Crippen molar-refractivity contribution < 1.29 is 9.16 Å². The molecule has 4 rings (SSSR count). The molecule has 0 unspecified atom stereocenters. The lowest BCUT2D eigenvalue weighted by Gasteiger charge is -2.39. The van der Waals surface area contributed by atoms with Crippen LogP contribution in [-0.2, 0) is 11.0 Å². The normalized spacial score (nSPS) is 19.1. The van der Waals surface area contributed by atoms with Crippen molar-refractivity contribution >= 4 is 25.2 Å². The molecule has 2 aromatic heterocycles. The highest BCUT2D eigenvalue weighted by Crippen LogP contribution is 2.42. The summed E-state index contributed by atoms with van der Waals surface area (Å²) in [5.41, 5.74) is 3.23. The van der Waals surface area contributed by atoms with Gasteiger partial charge in [0, 0.05) is 32.1 Å². The second-order valence-corrected chi connectivity index (χ2v) is 17.4. The van der Waals surface area contributed by atoms with Crippen LogP contribution in [0.5, 0.6) is 5.75 Å². The van der Waals surface area contributed by atoms with Crippen molar-refractivity contribution in [2.24, 2.45) is 5.92 Å². The van der Waals surface area contributed by atoms with Gasteiger partial charge in [0.05, 0.1) is 24.9 Å². The number of pyridine rings is 1. The molecule has 3 aromatic rings. The van der Waals surface area contributed by atoms with Gasteiger partial charge in [0.25, 0.3) is 0 Å². The summed E-state index contributed by atoms with van der Waals surface area (Å²) in [6.45, 7) is 14.3. The molecule has 8 heteroatoms. The van der Waals surface area contributed by atoms with Crippen molar-refractivity contribution in [2.75, 3.05) is 19.1 Å². The fraction of sp³-hybridized carbons (Fsp3) is 0.581. The number of methoxy groups -OCH3 is 1. The van der Waals surface area contributed by atoms with Gasteiger partial charge in [-0.05, 0) is 74.4 Å². The first-order chi connectivity index (χ1) is 18.4. The molecule has 0 saturated heterocycles. The van der Waals surface area contributed by atoms with Crippen molar-refractivity contribution in [3.05, 3.63) is 47.9 Å². The number of imidazole rings is 1. The molecule has 0 aliphatic heterocycles. The van der Waals surface area contributed by atoms with Crippen molar-refractivity contribution in [1.82, 2.24) is 14.5 Å². The molecular formula is C31H45N5O2Si. The number of nitrogens with zero attached hydrogens (tertiary/aromatic N) is 5. The molecule has 210 valence electrons. The van der Waals surface area contributed by atoms with Crippen molar-refractivity contribution in [3.63, 3.8) is 0 Å². The SMILES string of the molecule is COc1ccc(CN(C)c2cc3c(cn2)nc([C@@H](C)O[Si](C)(C)C(C)(C)C)n3C2CCC(CC#N)CC2)cc1. The van der Waals surface area contributed by atoms with Crippen LogP contribution < -0.4 is 9.64 Å². The van der Waals surface area contributed by atoms with Gasteiger partial charge < -0.3 is 18.6 Å². The molecule has 1 atom stereocenters. The molecule has 0 spiro atoms. The Labute approximate surface area is 235 Å². The van der Waals surface area contributed by atoms with E-state index < -0.39 is 8.32 Å². The lowest BCUT2D eigenvalue weighted by molar-refractivity contribution is 0.180. The highest BCUT2D eigenvalue weighted by atomic mass is 28.4. The third-order valence-electron chi connectivity index (χ3n) is 8.76. The summed E-state index contributed by atoms with van der Waals surface area (Å²) >= 11 is 0. The van der Waals surface area contributed by atoms with Gasteiger partial charge in [-0.3, -0.25) is 0 Å². The van der Waals surface area contributed by atoms with E-state index in [2.05, 4.69) is 81.6 Å². The van der Waals surface area contributed by atoms with Crippen LogP contribution in [-0.4, -0.2) is 37.0 Å². The van der Waals surface area contributed by atoms with E-state index in [1.54, 1.807) is 7.11 Å². The first-order valence-electron chi connectivity index (χ1n) is 14.2. The van der Waals surface area contributed by atoms with Crippen LogP contribution in [0.3, 0.4) is 0 Å². The van der Waals surface area contributed by atoms with E-state index >= 15 is 0 Å². The van der Waals surface area contributed by atoms with Gasteiger partial charge in [0.15, 0.2) is 8.32 Å². The number of nitriles is 1. The van der Waals surface area contributed by atoms with Gasteiger partial charge in [-0.1, -0.05) is 32.9 Å². The molecule has 0 bridgehead atoms. The molecule has 0 amide bonds. The molecule has 1 fully saturated rings. The predicted molar refractivity (Wildman–Crippen MR) is 161 cm³/mol. The monoisotopic (exact) mass is 547 g/mol. The van der Waals surface area contributed by atoms with Crippen LogP contribution in [0, 0.1) is 17.2 Å². The molecule has 2 heterocycles. The van der Waals surface area contributed by atoms with Gasteiger partial charge in [-0.25, -0.2) is 9.97 Å². The molecule has 1 aromatic carbocycles. The number of rotatable bonds is 9. The molecule has 1 aliphatic carbocycles. The summed E-state index contributed by atoms with van der Waals surface area (Å²) in [5.74, 6) is 3.27. The largest absolute Gasteiger partial charge is 0.497 e. The van der Waals surface area contributed by atoms with Crippen LogP contribution in [0.2, 0.25) is 18.1 Å². The van der Waals surface area contributed by atoms with Crippen molar-refractivity contribution in [2.45, 2.75) is 96.6 Å². The fourth-order valence-electron chi connectivity index (χ4n) is 5.38. The number of hydrogen-bond acceptors (Lipinski definition) is 6. The minimum absolute atomic E-state index is 0.115. The Kier molecular flexibility index (Phi) is 8.72. The fourth-order valence-corrected chi connectivity index (χ4v) is 6.72. The van der Waals surface area contributed by atoms with Gasteiger partial charge >= 0.3 is 0 Å². The summed E-state index contributed by atoms with van der Waals surface area (Å²) < 4.78 is 14.6. The number of hydrogen-bond donors (Lipinski definition) is 0. The van der Waals surface area contributed by atoms with Crippen molar-refractivity contribution in [1.29, 1.82) is 5.26 Å². The second-order valence-electron chi connectivity index (χ2n) is 12.6. The van der Waals surface area contributed by atoms with Crippen LogP contribution in [0.1, 0.15) is 83.3 Å². The van der Waals surface area contributed by atoms with Crippen molar-refractivity contribution in [3.8, 4) is 11.8 Å². The highest BCUT2D eigenvalue weighted by molar-refractivity contribution is 6.74. The number of ether oxygens (including phenoxy) is 1. The Balaban J connectivity index is 1.69. The van der Waals surface area contributed by atoms with E-state index in [9.17, 15) is 5.26 Å². The maximum absolute atomic E-state index is 9.22. The maximum atomic E-state index is 9.22. The summed E-state index contributed by atoms with van der Waals surface area (Å²) in [6.07, 6.45) is 6.70. The summed E-state index contributed by atoms with van der Waals surface area (Å²) in [4.78, 5) is 12.1. The highest BCUT2D eigenvalue weighted by Gasteiger charge is 2.40. The average molecular weight is 548 g/mol. The Bertz CT molecular complexity index is 1300. The summed E-state index contributed by atoms with van der Waals surface area (Å²) in [6, 6.07) is 13.1. The first kappa shape index (κ1) is 29.1. The van der Waals surface area contributed by atoms with Crippen LogP contribution in [0.15, 0.2) is 36.5 Å². The lowest BCUT2D eigenvalue weighted by Crippen LogP contribution is -2.41. The van der Waals surface area contributed by atoms with Gasteiger partial charge in [-0.15, -0.1) is 0 Å². The van der Waals surface area contributed by atoms with E-state index in [4.69, 9.17) is 19.1 Å². The lowest BCUT2D eigenvalue weighted by atomic mass is 9.84. The topological polar surface area (TPSA) is 76.2 Å². The van der Waals surface area contributed by atoms with Gasteiger partial charge in [0.2, 0.25) is 0 Å². The quantitative estimate of drug-likeness (QED) is 0.254.